The highest BCUT2D eigenvalue weighted by molar-refractivity contribution is 5.98. The molecular formula is C77H142N4O30. The molecule has 0 heterocycles. The number of carbonyl (C=O) groups is 5. The van der Waals surface area contributed by atoms with Gasteiger partial charge in [0.1, 0.15) is 18.7 Å². The lowest BCUT2D eigenvalue weighted by molar-refractivity contribution is -0.154. The van der Waals surface area contributed by atoms with Gasteiger partial charge in [-0.1, -0.05) is 32.9 Å². The van der Waals surface area contributed by atoms with Gasteiger partial charge in [-0.05, 0) is 70.1 Å². The number of benzene rings is 1. The number of carbonyl (C=O) groups excluding carboxylic acids is 5. The van der Waals surface area contributed by atoms with Crippen LogP contribution in [-0.4, -0.2) is 366 Å². The Kier molecular flexibility index (Phi) is 76.1. The zero-order valence-corrected chi connectivity index (χ0v) is 68.2. The van der Waals surface area contributed by atoms with Crippen molar-refractivity contribution in [1.29, 1.82) is 0 Å². The fraction of sp³-hybridized carbons (Fsp3) is 0.857. The Morgan fingerprint density at radius 3 is 0.883 bits per heavy atom. The number of methoxy groups -OCH3 is 1. The minimum Gasteiger partial charge on any atom is -0.460 e. The zero-order valence-electron chi connectivity index (χ0n) is 68.2. The van der Waals surface area contributed by atoms with Crippen LogP contribution in [0.25, 0.3) is 0 Å². The molecule has 0 aromatic heterocycles. The molecule has 4 amide bonds. The largest absolute Gasteiger partial charge is 0.460 e. The third kappa shape index (κ3) is 73.0. The van der Waals surface area contributed by atoms with Gasteiger partial charge in [-0.25, -0.2) is 0 Å². The fourth-order valence-corrected chi connectivity index (χ4v) is 8.85. The van der Waals surface area contributed by atoms with Gasteiger partial charge in [0.25, 0.3) is 0 Å². The van der Waals surface area contributed by atoms with Gasteiger partial charge in [0.2, 0.25) is 23.6 Å². The number of ether oxygens (including phenoxy) is 25. The number of hydrogen-bond acceptors (Lipinski definition) is 30. The molecule has 0 bridgehead atoms. The number of esters is 1. The monoisotopic (exact) mass is 1600 g/mol. The van der Waals surface area contributed by atoms with E-state index in [0.717, 1.165) is 5.56 Å². The van der Waals surface area contributed by atoms with Crippen molar-refractivity contribution >= 4 is 35.3 Å². The third-order valence-electron chi connectivity index (χ3n) is 14.9. The molecule has 0 radical (unpaired) electrons. The predicted molar refractivity (Wildman–Crippen MR) is 410 cm³/mol. The van der Waals surface area contributed by atoms with E-state index in [4.69, 9.17) is 118 Å². The first-order chi connectivity index (χ1) is 54.3. The van der Waals surface area contributed by atoms with Gasteiger partial charge in [-0.2, -0.15) is 0 Å². The van der Waals surface area contributed by atoms with Crippen molar-refractivity contribution in [2.24, 2.45) is 11.3 Å². The summed E-state index contributed by atoms with van der Waals surface area (Å²) in [5, 5.41) is 11.4. The predicted octanol–water partition coefficient (Wildman–Crippen LogP) is 3.84. The first-order valence-corrected chi connectivity index (χ1v) is 39.5. The van der Waals surface area contributed by atoms with Gasteiger partial charge in [-0.15, -0.1) is 0 Å². The summed E-state index contributed by atoms with van der Waals surface area (Å²) in [4.78, 5) is 64.2. The van der Waals surface area contributed by atoms with Crippen LogP contribution in [0.4, 0.5) is 5.69 Å². The molecule has 0 aliphatic rings. The lowest BCUT2D eigenvalue weighted by atomic mass is 9.97. The average Bonchev–Trinajstić information content (AvgIpc) is 0.864. The molecule has 0 aliphatic heterocycles. The van der Waals surface area contributed by atoms with Crippen LogP contribution >= 0.6 is 0 Å². The Labute approximate surface area is 660 Å². The zero-order chi connectivity index (χ0) is 80.5. The van der Waals surface area contributed by atoms with Crippen molar-refractivity contribution in [2.45, 2.75) is 98.8 Å². The summed E-state index contributed by atoms with van der Waals surface area (Å²) in [7, 11) is 1.64. The summed E-state index contributed by atoms with van der Waals surface area (Å²) < 4.78 is 137. The molecule has 1 unspecified atom stereocenters. The van der Waals surface area contributed by atoms with Gasteiger partial charge in [0.05, 0.1) is 316 Å². The summed E-state index contributed by atoms with van der Waals surface area (Å²) in [6, 6.07) is 5.14. The van der Waals surface area contributed by atoms with Gasteiger partial charge < -0.3 is 140 Å². The molecular weight excluding hydrogens is 1460 g/mol. The van der Waals surface area contributed by atoms with Crippen LogP contribution in [-0.2, 0) is 149 Å². The Bertz CT molecular complexity index is 2230. The number of unbranched alkanes of at least 4 members (excludes halogenated alkanes) is 1. The van der Waals surface area contributed by atoms with Gasteiger partial charge in [0.15, 0.2) is 0 Å². The maximum Gasteiger partial charge on any atom is 0.311 e. The van der Waals surface area contributed by atoms with Crippen molar-refractivity contribution < 1.29 is 142 Å². The lowest BCUT2D eigenvalue weighted by Gasteiger charge is -2.25. The van der Waals surface area contributed by atoms with E-state index in [9.17, 15) is 24.0 Å². The molecule has 34 nitrogen and oxygen atoms in total. The fourth-order valence-electron chi connectivity index (χ4n) is 8.85. The van der Waals surface area contributed by atoms with Crippen LogP contribution in [0.1, 0.15) is 85.6 Å². The summed E-state index contributed by atoms with van der Waals surface area (Å²) in [5.41, 5.74) is 0.611. The van der Waals surface area contributed by atoms with Crippen molar-refractivity contribution in [3.8, 4) is 0 Å². The minimum atomic E-state index is -0.920. The standard InChI is InChI=1S/C77H142N4O30/c1-8-11-72(83)81-73(67(2)3)75(85)80-70(74(84)79-69-15-13-68(14-16-69)66-111-76(86)77(4,5)6)12-9-10-18-78-71(82)17-19-88-22-23-90-26-27-92-30-31-94-34-35-96-38-39-98-42-43-100-46-47-102-50-51-104-54-55-106-58-59-108-62-63-110-65-64-109-61-60-107-57-56-105-53-52-103-49-48-101-45-44-99-41-40-97-37-36-95-33-32-93-29-28-91-25-24-89-21-20-87-7/h13-16,67,70,73H,8-12,17-66H2,1-7H3,(H,78,82)(H,79,84)(H,80,85)(H,81,83)/t70-,73?/m0/s1. The molecule has 1 aromatic rings. The van der Waals surface area contributed by atoms with Gasteiger partial charge >= 0.3 is 5.97 Å². The third-order valence-corrected chi connectivity index (χ3v) is 14.9. The first kappa shape index (κ1) is 105. The van der Waals surface area contributed by atoms with Gasteiger partial charge in [-0.3, -0.25) is 24.0 Å². The van der Waals surface area contributed by atoms with Crippen molar-refractivity contribution in [3.63, 3.8) is 0 Å². The second-order valence-corrected chi connectivity index (χ2v) is 25.8. The van der Waals surface area contributed by atoms with Crippen LogP contribution in [0.15, 0.2) is 24.3 Å². The van der Waals surface area contributed by atoms with E-state index in [2.05, 4.69) is 21.3 Å². The van der Waals surface area contributed by atoms with Crippen LogP contribution in [0.5, 0.6) is 0 Å². The number of rotatable bonds is 87. The average molecular weight is 1600 g/mol. The molecule has 0 saturated heterocycles. The second kappa shape index (κ2) is 80.8. The Balaban J connectivity index is 1.80. The Hall–Kier alpha value is -4.39. The van der Waals surface area contributed by atoms with Crippen LogP contribution in [0, 0.1) is 11.3 Å². The van der Waals surface area contributed by atoms with E-state index in [0.29, 0.717) is 335 Å². The first-order valence-electron chi connectivity index (χ1n) is 39.5. The molecule has 4 N–H and O–H groups in total. The highest BCUT2D eigenvalue weighted by Crippen LogP contribution is 2.18. The molecule has 34 heteroatoms. The number of nitrogens with one attached hydrogen (secondary N) is 4. The molecule has 1 rings (SSSR count). The molecule has 1 aromatic carbocycles. The van der Waals surface area contributed by atoms with Crippen molar-refractivity contribution in [2.75, 3.05) is 329 Å². The molecule has 0 fully saturated rings. The second-order valence-electron chi connectivity index (χ2n) is 25.8. The summed E-state index contributed by atoms with van der Waals surface area (Å²) in [5.74, 6) is -1.85. The molecule has 650 valence electrons. The van der Waals surface area contributed by atoms with Crippen molar-refractivity contribution in [3.05, 3.63) is 29.8 Å². The topological polar surface area (TPSA) is 364 Å². The van der Waals surface area contributed by atoms with E-state index in [1.165, 1.54) is 0 Å². The quantitative estimate of drug-likeness (QED) is 0.0531. The summed E-state index contributed by atoms with van der Waals surface area (Å²) in [6.07, 6.45) is 2.42. The van der Waals surface area contributed by atoms with Crippen molar-refractivity contribution in [1.82, 2.24) is 16.0 Å². The Morgan fingerprint density at radius 1 is 0.342 bits per heavy atom. The van der Waals surface area contributed by atoms with E-state index in [-0.39, 0.29) is 56.2 Å². The SMILES string of the molecule is CCCC(=O)NC(C(=O)N[C@@H](CCCCNC(=O)CCOCCOCCOCCOCCOCCOCCOCCOCCOCCOCCOCCOCCOCCOCCOCCOCCOCCOCCOCCOCCOCCOCCOCCOC)C(=O)Nc1ccc(COC(=O)C(C)(C)C)cc1)C(C)C. The minimum absolute atomic E-state index is 0.0896. The van der Waals surface area contributed by atoms with E-state index in [1.807, 2.05) is 20.8 Å². The smallest absolute Gasteiger partial charge is 0.311 e. The normalized spacial score (nSPS) is 12.3. The highest BCUT2D eigenvalue weighted by Gasteiger charge is 2.29. The van der Waals surface area contributed by atoms with E-state index < -0.39 is 29.3 Å². The van der Waals surface area contributed by atoms with Crippen LogP contribution < -0.4 is 21.3 Å². The maximum atomic E-state index is 13.6. The van der Waals surface area contributed by atoms with E-state index in [1.54, 1.807) is 52.1 Å². The highest BCUT2D eigenvalue weighted by atomic mass is 16.6. The summed E-state index contributed by atoms with van der Waals surface area (Å²) in [6.45, 7) is 33.2. The number of anilines is 1. The number of amides is 4. The lowest BCUT2D eigenvalue weighted by Crippen LogP contribution is -2.54. The molecule has 0 saturated carbocycles. The summed E-state index contributed by atoms with van der Waals surface area (Å²) >= 11 is 0. The van der Waals surface area contributed by atoms with Crippen LogP contribution in [0.3, 0.4) is 0 Å². The van der Waals surface area contributed by atoms with E-state index >= 15 is 0 Å². The van der Waals surface area contributed by atoms with Crippen LogP contribution in [0.2, 0.25) is 0 Å². The maximum absolute atomic E-state index is 13.6. The Morgan fingerprint density at radius 2 is 0.622 bits per heavy atom. The molecule has 0 spiro atoms. The number of hydrogen-bond donors (Lipinski definition) is 4. The van der Waals surface area contributed by atoms with Gasteiger partial charge in [0, 0.05) is 32.2 Å². The molecule has 111 heavy (non-hydrogen) atoms. The molecule has 0 aliphatic carbocycles. The molecule has 2 atom stereocenters.